The van der Waals surface area contributed by atoms with Crippen molar-refractivity contribution in [1.82, 2.24) is 4.90 Å². The van der Waals surface area contributed by atoms with Gasteiger partial charge in [0, 0.05) is 19.3 Å². The number of hydrogen-bond acceptors (Lipinski definition) is 3. The number of nitrogens with one attached hydrogen (secondary N) is 1. The van der Waals surface area contributed by atoms with Crippen LogP contribution in [0, 0.1) is 0 Å². The van der Waals surface area contributed by atoms with Gasteiger partial charge in [0.1, 0.15) is 0 Å². The molecular weight excluding hydrogens is 326 g/mol. The Morgan fingerprint density at radius 2 is 1.81 bits per heavy atom. The van der Waals surface area contributed by atoms with E-state index < -0.39 is 0 Å². The molecule has 0 spiro atoms. The van der Waals surface area contributed by atoms with Gasteiger partial charge in [0.25, 0.3) is 0 Å². The smallest absolute Gasteiger partial charge is 0.322 e. The first-order valence-electron chi connectivity index (χ1n) is 8.97. The molecular formula is C21H27N3O2. The van der Waals surface area contributed by atoms with Crippen LogP contribution in [0.2, 0.25) is 0 Å². The highest BCUT2D eigenvalue weighted by atomic mass is 16.5. The standard InChI is InChI=1S/C21H27N3O2/c1-16-14-24(15-21(2,3)26-16)20(25)22-18-12-8-9-13-19(18)23(4)17-10-6-5-7-11-17/h5-13,16H,14-15H2,1-4H3,(H,22,25)/t16-/m0/s1. The first-order chi connectivity index (χ1) is 12.4. The summed E-state index contributed by atoms with van der Waals surface area (Å²) in [6.45, 7) is 7.18. The lowest BCUT2D eigenvalue weighted by Gasteiger charge is -2.41. The number of urea groups is 1. The molecule has 0 radical (unpaired) electrons. The van der Waals surface area contributed by atoms with E-state index in [1.54, 1.807) is 0 Å². The average molecular weight is 353 g/mol. The highest BCUT2D eigenvalue weighted by Gasteiger charge is 2.33. The fraction of sp³-hybridized carbons (Fsp3) is 0.381. The van der Waals surface area contributed by atoms with Crippen LogP contribution in [0.25, 0.3) is 0 Å². The molecule has 1 aliphatic rings. The number of ether oxygens (including phenoxy) is 1. The molecule has 1 aliphatic heterocycles. The van der Waals surface area contributed by atoms with Gasteiger partial charge in [0.2, 0.25) is 0 Å². The summed E-state index contributed by atoms with van der Waals surface area (Å²) in [6.07, 6.45) is 0.0201. The number of hydrogen-bond donors (Lipinski definition) is 1. The zero-order chi connectivity index (χ0) is 18.7. The van der Waals surface area contributed by atoms with Gasteiger partial charge in [0.05, 0.1) is 29.6 Å². The van der Waals surface area contributed by atoms with E-state index in [1.165, 1.54) is 0 Å². The fourth-order valence-electron chi connectivity index (χ4n) is 3.47. The molecule has 0 aliphatic carbocycles. The number of carbonyl (C=O) groups is 1. The number of anilines is 3. The minimum absolute atomic E-state index is 0.0201. The third-order valence-electron chi connectivity index (χ3n) is 4.51. The minimum Gasteiger partial charge on any atom is -0.369 e. The molecule has 0 unspecified atom stereocenters. The Hall–Kier alpha value is -2.53. The molecule has 0 saturated carbocycles. The number of morpholine rings is 1. The van der Waals surface area contributed by atoms with Crippen LogP contribution >= 0.6 is 0 Å². The number of nitrogens with zero attached hydrogens (tertiary/aromatic N) is 2. The Bertz CT molecular complexity index is 761. The van der Waals surface area contributed by atoms with E-state index in [9.17, 15) is 4.79 Å². The van der Waals surface area contributed by atoms with Crippen molar-refractivity contribution in [3.63, 3.8) is 0 Å². The van der Waals surface area contributed by atoms with Gasteiger partial charge in [-0.05, 0) is 45.0 Å². The molecule has 1 heterocycles. The number of carbonyl (C=O) groups excluding carboxylic acids is 1. The van der Waals surface area contributed by atoms with Crippen molar-refractivity contribution in [2.24, 2.45) is 0 Å². The van der Waals surface area contributed by atoms with Crippen LogP contribution in [0.4, 0.5) is 21.9 Å². The van der Waals surface area contributed by atoms with Crippen molar-refractivity contribution < 1.29 is 9.53 Å². The summed E-state index contributed by atoms with van der Waals surface area (Å²) in [5, 5.41) is 3.08. The summed E-state index contributed by atoms with van der Waals surface area (Å²) in [5.74, 6) is 0. The molecule has 1 N–H and O–H groups in total. The molecule has 138 valence electrons. The van der Waals surface area contributed by atoms with Crippen molar-refractivity contribution in [2.75, 3.05) is 30.4 Å². The van der Waals surface area contributed by atoms with Crippen molar-refractivity contribution in [3.8, 4) is 0 Å². The summed E-state index contributed by atoms with van der Waals surface area (Å²) in [6, 6.07) is 17.8. The summed E-state index contributed by atoms with van der Waals surface area (Å²) in [5.41, 5.74) is 2.47. The molecule has 0 aromatic heterocycles. The van der Waals surface area contributed by atoms with Crippen molar-refractivity contribution in [1.29, 1.82) is 0 Å². The van der Waals surface area contributed by atoms with E-state index in [-0.39, 0.29) is 17.7 Å². The van der Waals surface area contributed by atoms with Gasteiger partial charge in [-0.3, -0.25) is 0 Å². The Balaban J connectivity index is 1.79. The summed E-state index contributed by atoms with van der Waals surface area (Å²) in [7, 11) is 2.00. The lowest BCUT2D eigenvalue weighted by Crippen LogP contribution is -2.54. The van der Waals surface area contributed by atoms with Crippen LogP contribution in [0.1, 0.15) is 20.8 Å². The summed E-state index contributed by atoms with van der Waals surface area (Å²) < 4.78 is 5.89. The van der Waals surface area contributed by atoms with E-state index >= 15 is 0 Å². The van der Waals surface area contributed by atoms with Gasteiger partial charge >= 0.3 is 6.03 Å². The van der Waals surface area contributed by atoms with Gasteiger partial charge < -0.3 is 19.9 Å². The van der Waals surface area contributed by atoms with Gasteiger partial charge in [-0.15, -0.1) is 0 Å². The molecule has 2 amide bonds. The maximum Gasteiger partial charge on any atom is 0.322 e. The number of para-hydroxylation sites is 3. The molecule has 5 nitrogen and oxygen atoms in total. The van der Waals surface area contributed by atoms with Crippen molar-refractivity contribution in [3.05, 3.63) is 54.6 Å². The molecule has 3 rings (SSSR count). The Kier molecular flexibility index (Phi) is 5.18. The molecule has 2 aromatic carbocycles. The molecule has 1 saturated heterocycles. The monoisotopic (exact) mass is 353 g/mol. The van der Waals surface area contributed by atoms with Gasteiger partial charge in [-0.2, -0.15) is 0 Å². The zero-order valence-electron chi connectivity index (χ0n) is 15.9. The molecule has 5 heteroatoms. The second-order valence-electron chi connectivity index (χ2n) is 7.41. The lowest BCUT2D eigenvalue weighted by molar-refractivity contribution is -0.116. The predicted octanol–water partition coefficient (Wildman–Crippen LogP) is 4.49. The van der Waals surface area contributed by atoms with E-state index in [2.05, 4.69) is 10.2 Å². The average Bonchev–Trinajstić information content (AvgIpc) is 2.60. The topological polar surface area (TPSA) is 44.8 Å². The van der Waals surface area contributed by atoms with E-state index in [0.717, 1.165) is 17.1 Å². The fourth-order valence-corrected chi connectivity index (χ4v) is 3.47. The SMILES string of the molecule is C[C@H]1CN(C(=O)Nc2ccccc2N(C)c2ccccc2)CC(C)(C)O1. The predicted molar refractivity (Wildman–Crippen MR) is 106 cm³/mol. The quantitative estimate of drug-likeness (QED) is 0.884. The first kappa shape index (κ1) is 18.3. The Morgan fingerprint density at radius 1 is 1.15 bits per heavy atom. The second-order valence-corrected chi connectivity index (χ2v) is 7.41. The van der Waals surface area contributed by atoms with E-state index in [0.29, 0.717) is 13.1 Å². The first-order valence-corrected chi connectivity index (χ1v) is 8.97. The summed E-state index contributed by atoms with van der Waals surface area (Å²) in [4.78, 5) is 16.8. The lowest BCUT2D eigenvalue weighted by atomic mass is 10.1. The zero-order valence-corrected chi connectivity index (χ0v) is 15.9. The molecule has 2 aromatic rings. The Morgan fingerprint density at radius 3 is 2.50 bits per heavy atom. The Labute approximate surface area is 155 Å². The van der Waals surface area contributed by atoms with Crippen LogP contribution in [0.3, 0.4) is 0 Å². The number of benzene rings is 2. The summed E-state index contributed by atoms with van der Waals surface area (Å²) >= 11 is 0. The molecule has 1 fully saturated rings. The highest BCUT2D eigenvalue weighted by molar-refractivity contribution is 5.94. The number of amides is 2. The van der Waals surface area contributed by atoms with Crippen LogP contribution < -0.4 is 10.2 Å². The van der Waals surface area contributed by atoms with Gasteiger partial charge in [-0.1, -0.05) is 30.3 Å². The third kappa shape index (κ3) is 4.17. The van der Waals surface area contributed by atoms with Crippen LogP contribution in [-0.4, -0.2) is 42.8 Å². The normalized spacial score (nSPS) is 19.1. The highest BCUT2D eigenvalue weighted by Crippen LogP contribution is 2.31. The second kappa shape index (κ2) is 7.38. The number of rotatable bonds is 3. The largest absolute Gasteiger partial charge is 0.369 e. The minimum atomic E-state index is -0.338. The van der Waals surface area contributed by atoms with E-state index in [1.807, 2.05) is 87.3 Å². The maximum atomic E-state index is 12.9. The molecule has 0 bridgehead atoms. The third-order valence-corrected chi connectivity index (χ3v) is 4.51. The van der Waals surface area contributed by atoms with Crippen LogP contribution in [-0.2, 0) is 4.74 Å². The van der Waals surface area contributed by atoms with Crippen LogP contribution in [0.15, 0.2) is 54.6 Å². The van der Waals surface area contributed by atoms with Crippen molar-refractivity contribution in [2.45, 2.75) is 32.5 Å². The van der Waals surface area contributed by atoms with Gasteiger partial charge in [-0.25, -0.2) is 4.79 Å². The van der Waals surface area contributed by atoms with Gasteiger partial charge in [0.15, 0.2) is 0 Å². The molecule has 26 heavy (non-hydrogen) atoms. The maximum absolute atomic E-state index is 12.9. The van der Waals surface area contributed by atoms with E-state index in [4.69, 9.17) is 4.74 Å². The van der Waals surface area contributed by atoms with Crippen molar-refractivity contribution >= 4 is 23.1 Å². The van der Waals surface area contributed by atoms with Crippen LogP contribution in [0.5, 0.6) is 0 Å². The molecule has 1 atom stereocenters.